The van der Waals surface area contributed by atoms with Crippen molar-refractivity contribution < 1.29 is 13.9 Å². The van der Waals surface area contributed by atoms with Gasteiger partial charge in [0.2, 0.25) is 0 Å². The zero-order chi connectivity index (χ0) is 18.8. The van der Waals surface area contributed by atoms with Crippen molar-refractivity contribution >= 4 is 16.8 Å². The summed E-state index contributed by atoms with van der Waals surface area (Å²) in [6, 6.07) is 18.9. The largest absolute Gasteiger partial charge is 0.497 e. The van der Waals surface area contributed by atoms with Crippen LogP contribution in [0.2, 0.25) is 0 Å². The predicted octanol–water partition coefficient (Wildman–Crippen LogP) is 3.87. The van der Waals surface area contributed by atoms with Crippen LogP contribution in [0.1, 0.15) is 22.0 Å². The van der Waals surface area contributed by atoms with E-state index in [0.717, 1.165) is 28.1 Å². The average molecular weight is 361 g/mol. The Kier molecular flexibility index (Phi) is 4.38. The molecule has 2 heterocycles. The fraction of sp³-hybridized carbons (Fsp3) is 0.143. The summed E-state index contributed by atoms with van der Waals surface area (Å²) in [5, 5.41) is 8.23. The Morgan fingerprint density at radius 3 is 2.59 bits per heavy atom. The van der Waals surface area contributed by atoms with E-state index < -0.39 is 0 Å². The summed E-state index contributed by atoms with van der Waals surface area (Å²) < 4.78 is 12.5. The highest BCUT2D eigenvalue weighted by molar-refractivity contribution is 6.05. The van der Waals surface area contributed by atoms with Crippen molar-refractivity contribution in [1.29, 1.82) is 0 Å². The monoisotopic (exact) mass is 361 g/mol. The van der Waals surface area contributed by atoms with E-state index in [-0.39, 0.29) is 5.91 Å². The number of aromatic nitrogens is 2. The molecule has 4 rings (SSSR count). The molecule has 0 bridgehead atoms. The third-order valence-electron chi connectivity index (χ3n) is 4.34. The molecule has 1 amide bonds. The SMILES string of the molecule is COc1ccc(-n2nc(C(=O)NCc3ccc(C)o3)c3ccccc32)cc1. The molecule has 2 aromatic carbocycles. The second kappa shape index (κ2) is 6.99. The number of nitrogens with one attached hydrogen (secondary N) is 1. The summed E-state index contributed by atoms with van der Waals surface area (Å²) in [5.41, 5.74) is 2.10. The van der Waals surface area contributed by atoms with E-state index in [1.54, 1.807) is 11.8 Å². The Morgan fingerprint density at radius 2 is 1.89 bits per heavy atom. The van der Waals surface area contributed by atoms with Gasteiger partial charge in [0.25, 0.3) is 5.91 Å². The molecule has 136 valence electrons. The number of rotatable bonds is 5. The lowest BCUT2D eigenvalue weighted by molar-refractivity contribution is 0.0944. The van der Waals surface area contributed by atoms with Crippen LogP contribution in [0.25, 0.3) is 16.6 Å². The number of amides is 1. The number of furan rings is 1. The van der Waals surface area contributed by atoms with Crippen LogP contribution in [0.3, 0.4) is 0 Å². The molecule has 6 heteroatoms. The first-order valence-electron chi connectivity index (χ1n) is 8.61. The zero-order valence-corrected chi connectivity index (χ0v) is 15.1. The number of hydrogen-bond donors (Lipinski definition) is 1. The normalized spacial score (nSPS) is 10.9. The number of methoxy groups -OCH3 is 1. The molecule has 0 aliphatic heterocycles. The topological polar surface area (TPSA) is 69.3 Å². The van der Waals surface area contributed by atoms with Gasteiger partial charge in [-0.2, -0.15) is 5.10 Å². The van der Waals surface area contributed by atoms with Gasteiger partial charge in [-0.25, -0.2) is 4.68 Å². The summed E-state index contributed by atoms with van der Waals surface area (Å²) in [4.78, 5) is 12.7. The lowest BCUT2D eigenvalue weighted by Crippen LogP contribution is -2.23. The molecule has 0 unspecified atom stereocenters. The van der Waals surface area contributed by atoms with Crippen LogP contribution < -0.4 is 10.1 Å². The fourth-order valence-electron chi connectivity index (χ4n) is 2.99. The van der Waals surface area contributed by atoms with Crippen LogP contribution in [0.4, 0.5) is 0 Å². The Bertz CT molecular complexity index is 1090. The first-order chi connectivity index (χ1) is 13.2. The number of fused-ring (bicyclic) bond motifs is 1. The summed E-state index contributed by atoms with van der Waals surface area (Å²) in [6.07, 6.45) is 0. The van der Waals surface area contributed by atoms with Gasteiger partial charge in [0.1, 0.15) is 17.3 Å². The number of aryl methyl sites for hydroxylation is 1. The number of nitrogens with zero attached hydrogens (tertiary/aromatic N) is 2. The van der Waals surface area contributed by atoms with Crippen molar-refractivity contribution in [1.82, 2.24) is 15.1 Å². The second-order valence-corrected chi connectivity index (χ2v) is 6.17. The summed E-state index contributed by atoms with van der Waals surface area (Å²) in [6.45, 7) is 2.19. The molecule has 0 fully saturated rings. The summed E-state index contributed by atoms with van der Waals surface area (Å²) in [5.74, 6) is 2.04. The molecule has 2 aromatic heterocycles. The molecule has 0 saturated heterocycles. The molecule has 27 heavy (non-hydrogen) atoms. The van der Waals surface area contributed by atoms with Crippen molar-refractivity contribution in [2.75, 3.05) is 7.11 Å². The van der Waals surface area contributed by atoms with Gasteiger partial charge in [-0.3, -0.25) is 4.79 Å². The first kappa shape index (κ1) is 16.9. The maximum atomic E-state index is 12.7. The van der Waals surface area contributed by atoms with E-state index in [1.165, 1.54) is 0 Å². The van der Waals surface area contributed by atoms with E-state index in [2.05, 4.69) is 10.4 Å². The minimum absolute atomic E-state index is 0.243. The Hall–Kier alpha value is -3.54. The van der Waals surface area contributed by atoms with Gasteiger partial charge in [0.05, 0.1) is 24.9 Å². The van der Waals surface area contributed by atoms with Gasteiger partial charge < -0.3 is 14.5 Å². The number of para-hydroxylation sites is 1. The zero-order valence-electron chi connectivity index (χ0n) is 15.1. The molecule has 0 radical (unpaired) electrons. The van der Waals surface area contributed by atoms with E-state index in [1.807, 2.05) is 67.6 Å². The summed E-state index contributed by atoms with van der Waals surface area (Å²) >= 11 is 0. The lowest BCUT2D eigenvalue weighted by atomic mass is 10.2. The standard InChI is InChI=1S/C21H19N3O3/c1-14-7-10-17(27-14)13-22-21(25)20-18-5-3-4-6-19(18)24(23-20)15-8-11-16(26-2)12-9-15/h3-12H,13H2,1-2H3,(H,22,25). The Balaban J connectivity index is 1.67. The van der Waals surface area contributed by atoms with Gasteiger partial charge >= 0.3 is 0 Å². The van der Waals surface area contributed by atoms with Crippen LogP contribution in [0.5, 0.6) is 5.75 Å². The Labute approximate surface area is 156 Å². The van der Waals surface area contributed by atoms with Crippen LogP contribution in [0, 0.1) is 6.92 Å². The van der Waals surface area contributed by atoms with Gasteiger partial charge in [0.15, 0.2) is 5.69 Å². The second-order valence-electron chi connectivity index (χ2n) is 6.17. The van der Waals surface area contributed by atoms with Crippen LogP contribution in [-0.2, 0) is 6.54 Å². The molecule has 0 atom stereocenters. The van der Waals surface area contributed by atoms with E-state index in [4.69, 9.17) is 9.15 Å². The highest BCUT2D eigenvalue weighted by Gasteiger charge is 2.18. The van der Waals surface area contributed by atoms with Gasteiger partial charge in [-0.1, -0.05) is 18.2 Å². The molecular weight excluding hydrogens is 342 g/mol. The van der Waals surface area contributed by atoms with Gasteiger partial charge in [0, 0.05) is 5.39 Å². The van der Waals surface area contributed by atoms with Gasteiger partial charge in [-0.05, 0) is 49.4 Å². The minimum Gasteiger partial charge on any atom is -0.497 e. The van der Waals surface area contributed by atoms with E-state index in [9.17, 15) is 4.79 Å². The Morgan fingerprint density at radius 1 is 1.11 bits per heavy atom. The highest BCUT2D eigenvalue weighted by Crippen LogP contribution is 2.23. The molecular formula is C21H19N3O3. The van der Waals surface area contributed by atoms with Crippen molar-refractivity contribution in [2.24, 2.45) is 0 Å². The van der Waals surface area contributed by atoms with Crippen LogP contribution in [-0.4, -0.2) is 22.8 Å². The third kappa shape index (κ3) is 3.29. The van der Waals surface area contributed by atoms with Crippen molar-refractivity contribution in [2.45, 2.75) is 13.5 Å². The quantitative estimate of drug-likeness (QED) is 0.586. The van der Waals surface area contributed by atoms with Crippen LogP contribution in [0.15, 0.2) is 65.1 Å². The molecule has 1 N–H and O–H groups in total. The molecule has 0 spiro atoms. The molecule has 4 aromatic rings. The van der Waals surface area contributed by atoms with Gasteiger partial charge in [-0.15, -0.1) is 0 Å². The van der Waals surface area contributed by atoms with Crippen molar-refractivity contribution in [3.8, 4) is 11.4 Å². The number of hydrogen-bond acceptors (Lipinski definition) is 4. The third-order valence-corrected chi connectivity index (χ3v) is 4.34. The van der Waals surface area contributed by atoms with E-state index >= 15 is 0 Å². The average Bonchev–Trinajstić information content (AvgIpc) is 3.30. The summed E-state index contributed by atoms with van der Waals surface area (Å²) in [7, 11) is 1.63. The lowest BCUT2D eigenvalue weighted by Gasteiger charge is -2.05. The van der Waals surface area contributed by atoms with Crippen molar-refractivity contribution in [3.05, 3.63) is 77.9 Å². The van der Waals surface area contributed by atoms with Crippen molar-refractivity contribution in [3.63, 3.8) is 0 Å². The maximum absolute atomic E-state index is 12.7. The van der Waals surface area contributed by atoms with Crippen LogP contribution >= 0.6 is 0 Å². The maximum Gasteiger partial charge on any atom is 0.272 e. The molecule has 0 saturated carbocycles. The number of carbonyl (C=O) groups is 1. The minimum atomic E-state index is -0.243. The first-order valence-corrected chi connectivity index (χ1v) is 8.61. The predicted molar refractivity (Wildman–Crippen MR) is 102 cm³/mol. The molecule has 0 aliphatic carbocycles. The molecule has 6 nitrogen and oxygen atoms in total. The number of carbonyl (C=O) groups excluding carboxylic acids is 1. The van der Waals surface area contributed by atoms with E-state index in [0.29, 0.717) is 18.0 Å². The highest BCUT2D eigenvalue weighted by atomic mass is 16.5. The fourth-order valence-corrected chi connectivity index (χ4v) is 2.99. The number of benzene rings is 2. The molecule has 0 aliphatic rings. The number of ether oxygens (including phenoxy) is 1. The smallest absolute Gasteiger partial charge is 0.272 e.